The van der Waals surface area contributed by atoms with Gasteiger partial charge in [-0.2, -0.15) is 4.98 Å². The van der Waals surface area contributed by atoms with Gasteiger partial charge in [0.15, 0.2) is 5.16 Å². The SMILES string of the molecule is Cn1[nH]c(=O)nc1SC[Si](C)(C)C. The smallest absolute Gasteiger partial charge is 0.264 e. The molecule has 0 aliphatic heterocycles. The van der Waals surface area contributed by atoms with Crippen LogP contribution in [0.3, 0.4) is 0 Å². The van der Waals surface area contributed by atoms with Crippen molar-refractivity contribution in [1.29, 1.82) is 0 Å². The quantitative estimate of drug-likeness (QED) is 0.609. The lowest BCUT2D eigenvalue weighted by atomic mass is 11.2. The number of nitrogens with zero attached hydrogens (tertiary/aromatic N) is 2. The Morgan fingerprint density at radius 1 is 1.54 bits per heavy atom. The molecule has 0 radical (unpaired) electrons. The summed E-state index contributed by atoms with van der Waals surface area (Å²) in [7, 11) is 0.747. The van der Waals surface area contributed by atoms with Crippen molar-refractivity contribution in [2.24, 2.45) is 7.05 Å². The summed E-state index contributed by atoms with van der Waals surface area (Å²) in [5.41, 5.74) is -0.263. The van der Waals surface area contributed by atoms with Crippen molar-refractivity contribution >= 4 is 19.8 Å². The molecular formula is C7H15N3OSSi. The van der Waals surface area contributed by atoms with E-state index >= 15 is 0 Å². The molecular weight excluding hydrogens is 202 g/mol. The van der Waals surface area contributed by atoms with E-state index in [1.165, 1.54) is 0 Å². The molecule has 0 saturated heterocycles. The second-order valence-corrected chi connectivity index (χ2v) is 11.1. The number of nitrogens with one attached hydrogen (secondary N) is 1. The van der Waals surface area contributed by atoms with Crippen LogP contribution in [-0.2, 0) is 7.05 Å². The highest BCUT2D eigenvalue weighted by Crippen LogP contribution is 2.17. The molecule has 0 aliphatic rings. The maximum absolute atomic E-state index is 10.8. The second kappa shape index (κ2) is 3.71. The van der Waals surface area contributed by atoms with Gasteiger partial charge in [0, 0.05) is 7.05 Å². The Bertz CT molecular complexity index is 338. The van der Waals surface area contributed by atoms with E-state index in [1.54, 1.807) is 23.5 Å². The van der Waals surface area contributed by atoms with Crippen LogP contribution in [-0.4, -0.2) is 28.2 Å². The molecule has 0 atom stereocenters. The number of aromatic amines is 1. The Kier molecular flexibility index (Phi) is 3.02. The maximum atomic E-state index is 10.8. The van der Waals surface area contributed by atoms with Crippen LogP contribution in [0.15, 0.2) is 9.95 Å². The summed E-state index contributed by atoms with van der Waals surface area (Å²) < 4.78 is 1.67. The van der Waals surface area contributed by atoms with Crippen molar-refractivity contribution in [2.75, 3.05) is 5.38 Å². The monoisotopic (exact) mass is 217 g/mol. The van der Waals surface area contributed by atoms with Gasteiger partial charge in [-0.05, 0) is 5.38 Å². The van der Waals surface area contributed by atoms with Crippen LogP contribution in [0.2, 0.25) is 19.6 Å². The van der Waals surface area contributed by atoms with Gasteiger partial charge in [-0.25, -0.2) is 9.89 Å². The Labute approximate surface area is 82.7 Å². The number of rotatable bonds is 3. The molecule has 1 rings (SSSR count). The Morgan fingerprint density at radius 3 is 2.54 bits per heavy atom. The minimum atomic E-state index is -1.06. The lowest BCUT2D eigenvalue weighted by Crippen LogP contribution is -2.24. The zero-order valence-electron chi connectivity index (χ0n) is 8.42. The first kappa shape index (κ1) is 10.6. The molecule has 74 valence electrons. The predicted octanol–water partition coefficient (Wildman–Crippen LogP) is 1.08. The number of H-pyrrole nitrogens is 1. The van der Waals surface area contributed by atoms with E-state index in [1.807, 2.05) is 0 Å². The molecule has 0 aliphatic carbocycles. The first-order valence-electron chi connectivity index (χ1n) is 4.14. The molecule has 1 aromatic heterocycles. The summed E-state index contributed by atoms with van der Waals surface area (Å²) in [5.74, 6) is 0. The molecule has 1 N–H and O–H groups in total. The largest absolute Gasteiger partial charge is 0.362 e. The lowest BCUT2D eigenvalue weighted by Gasteiger charge is -2.13. The number of thioether (sulfide) groups is 1. The van der Waals surface area contributed by atoms with E-state index in [4.69, 9.17) is 0 Å². The van der Waals surface area contributed by atoms with Crippen molar-refractivity contribution in [2.45, 2.75) is 24.8 Å². The van der Waals surface area contributed by atoms with Crippen molar-refractivity contribution in [3.05, 3.63) is 10.5 Å². The molecule has 0 spiro atoms. The number of hydrogen-bond donors (Lipinski definition) is 1. The van der Waals surface area contributed by atoms with Crippen LogP contribution in [0, 0.1) is 0 Å². The third kappa shape index (κ3) is 3.39. The highest BCUT2D eigenvalue weighted by Gasteiger charge is 2.15. The summed E-state index contributed by atoms with van der Waals surface area (Å²) in [6, 6.07) is 0. The fourth-order valence-corrected chi connectivity index (χ4v) is 3.42. The normalized spacial score (nSPS) is 12.0. The van der Waals surface area contributed by atoms with Crippen LogP contribution >= 0.6 is 11.8 Å². The van der Waals surface area contributed by atoms with Crippen LogP contribution in [0.1, 0.15) is 0 Å². The van der Waals surface area contributed by atoms with Crippen molar-refractivity contribution < 1.29 is 0 Å². The van der Waals surface area contributed by atoms with Gasteiger partial charge in [-0.1, -0.05) is 31.4 Å². The summed E-state index contributed by atoms with van der Waals surface area (Å²) in [6.45, 7) is 6.89. The molecule has 1 heterocycles. The summed E-state index contributed by atoms with van der Waals surface area (Å²) in [4.78, 5) is 14.7. The molecule has 0 saturated carbocycles. The third-order valence-electron chi connectivity index (χ3n) is 1.38. The minimum absolute atomic E-state index is 0.263. The molecule has 1 aromatic rings. The summed E-state index contributed by atoms with van der Waals surface area (Å²) in [5, 5.41) is 4.46. The van der Waals surface area contributed by atoms with Crippen LogP contribution < -0.4 is 5.69 Å². The average Bonchev–Trinajstić information content (AvgIpc) is 2.24. The van der Waals surface area contributed by atoms with E-state index in [-0.39, 0.29) is 5.69 Å². The fraction of sp³-hybridized carbons (Fsp3) is 0.714. The standard InChI is InChI=1S/C7H15N3OSSi/c1-10-7(8-6(11)9-10)12-5-13(2,3)4/h5H2,1-4H3,(H,9,11). The van der Waals surface area contributed by atoms with Crippen molar-refractivity contribution in [1.82, 2.24) is 14.8 Å². The molecule has 0 amide bonds. The van der Waals surface area contributed by atoms with E-state index in [2.05, 4.69) is 29.7 Å². The fourth-order valence-electron chi connectivity index (χ4n) is 0.788. The van der Waals surface area contributed by atoms with Gasteiger partial charge in [-0.15, -0.1) is 0 Å². The molecule has 4 nitrogen and oxygen atoms in total. The van der Waals surface area contributed by atoms with E-state index < -0.39 is 8.07 Å². The maximum Gasteiger partial charge on any atom is 0.362 e. The van der Waals surface area contributed by atoms with Crippen molar-refractivity contribution in [3.63, 3.8) is 0 Å². The van der Waals surface area contributed by atoms with Gasteiger partial charge in [0.1, 0.15) is 0 Å². The van der Waals surface area contributed by atoms with E-state index in [0.717, 1.165) is 10.5 Å². The van der Waals surface area contributed by atoms with Gasteiger partial charge in [0.05, 0.1) is 8.07 Å². The van der Waals surface area contributed by atoms with Crippen LogP contribution in [0.4, 0.5) is 0 Å². The highest BCUT2D eigenvalue weighted by molar-refractivity contribution is 8.00. The highest BCUT2D eigenvalue weighted by atomic mass is 32.2. The number of hydrogen-bond acceptors (Lipinski definition) is 3. The third-order valence-corrected chi connectivity index (χ3v) is 6.05. The first-order chi connectivity index (χ1) is 5.88. The van der Waals surface area contributed by atoms with E-state index in [0.29, 0.717) is 0 Å². The Morgan fingerprint density at radius 2 is 2.15 bits per heavy atom. The first-order valence-corrected chi connectivity index (χ1v) is 8.83. The van der Waals surface area contributed by atoms with Gasteiger partial charge in [0.2, 0.25) is 0 Å². The van der Waals surface area contributed by atoms with Gasteiger partial charge in [0.25, 0.3) is 0 Å². The topological polar surface area (TPSA) is 50.7 Å². The minimum Gasteiger partial charge on any atom is -0.264 e. The van der Waals surface area contributed by atoms with Crippen LogP contribution in [0.25, 0.3) is 0 Å². The predicted molar refractivity (Wildman–Crippen MR) is 57.9 cm³/mol. The average molecular weight is 217 g/mol. The zero-order valence-corrected chi connectivity index (χ0v) is 10.2. The number of aromatic nitrogens is 3. The number of aryl methyl sites for hydroxylation is 1. The van der Waals surface area contributed by atoms with E-state index in [9.17, 15) is 4.79 Å². The van der Waals surface area contributed by atoms with Crippen molar-refractivity contribution in [3.8, 4) is 0 Å². The van der Waals surface area contributed by atoms with Gasteiger partial charge in [-0.3, -0.25) is 4.68 Å². The lowest BCUT2D eigenvalue weighted by molar-refractivity contribution is 0.682. The Balaban J connectivity index is 2.65. The van der Waals surface area contributed by atoms with Gasteiger partial charge >= 0.3 is 5.69 Å². The summed E-state index contributed by atoms with van der Waals surface area (Å²) >= 11 is 1.66. The second-order valence-electron chi connectivity index (χ2n) is 4.22. The molecule has 6 heteroatoms. The molecule has 0 unspecified atom stereocenters. The molecule has 13 heavy (non-hydrogen) atoms. The van der Waals surface area contributed by atoms with Crippen LogP contribution in [0.5, 0.6) is 0 Å². The Hall–Kier alpha value is -0.493. The van der Waals surface area contributed by atoms with Gasteiger partial charge < -0.3 is 0 Å². The summed E-state index contributed by atoms with van der Waals surface area (Å²) in [6.07, 6.45) is 0. The molecule has 0 fully saturated rings. The zero-order chi connectivity index (χ0) is 10.1. The molecule has 0 aromatic carbocycles. The molecule has 0 bridgehead atoms.